The van der Waals surface area contributed by atoms with Crippen molar-refractivity contribution in [3.63, 3.8) is 0 Å². The normalized spacial score (nSPS) is 23.3. The Bertz CT molecular complexity index is 3100. The minimum atomic E-state index is -0.260. The summed E-state index contributed by atoms with van der Waals surface area (Å²) < 4.78 is 0.646. The van der Waals surface area contributed by atoms with E-state index in [2.05, 4.69) is 15.9 Å². The number of piperidine rings is 2. The number of likely N-dealkylation sites (tertiary alicyclic amines) is 4. The van der Waals surface area contributed by atoms with Crippen LogP contribution in [0.2, 0.25) is 30.1 Å². The van der Waals surface area contributed by atoms with Crippen LogP contribution in [0.15, 0.2) is 77.3 Å². The number of rotatable bonds is 11. The Balaban J connectivity index is 0.000000180. The standard InChI is InChI=1S/C32H36Cl3N3O3.C29H31BrCl3N3O3/c1-32(11-12-32)31(41)37-13-9-20(10-14-37)30(40)38-17-24(21-5-8-26(34)27(35)16-21)28(18-38)36(2)29(39)22-6-7-25(33)23(15-22)19-3-4-19;1-29(9-10-29)28(39)35-11-7-17(8-12-35)27(38)36-15-20(18-3-6-23(32)24(33)14-18)25(16-36)34(2)26(37)19-4-5-22(31)21(30)13-19/h5-8,15-16,19-20,24,28H,3-4,9-14,17-18H2,1-2H3;3-6,13-14,17,20,25H,7-12,15-16H2,1-2H3. The second-order valence-electron chi connectivity index (χ2n) is 23.9. The van der Waals surface area contributed by atoms with E-state index in [9.17, 15) is 28.8 Å². The van der Waals surface area contributed by atoms with Crippen LogP contribution in [-0.2, 0) is 19.2 Å². The number of carbonyl (C=O) groups is 6. The van der Waals surface area contributed by atoms with Gasteiger partial charge in [-0.3, -0.25) is 28.8 Å². The summed E-state index contributed by atoms with van der Waals surface area (Å²) in [5.41, 5.74) is 3.66. The molecule has 426 valence electrons. The molecule has 0 radical (unpaired) electrons. The van der Waals surface area contributed by atoms with E-state index >= 15 is 0 Å². The fourth-order valence-corrected chi connectivity index (χ4v) is 13.7. The first-order valence-corrected chi connectivity index (χ1v) is 30.9. The third-order valence-electron chi connectivity index (χ3n) is 18.3. The molecular weight excluding hydrogens is 1210 g/mol. The molecule has 3 aliphatic carbocycles. The highest BCUT2D eigenvalue weighted by Gasteiger charge is 2.50. The number of benzene rings is 4. The smallest absolute Gasteiger partial charge is 0.253 e. The van der Waals surface area contributed by atoms with Gasteiger partial charge in [-0.1, -0.05) is 95.6 Å². The number of amides is 6. The van der Waals surface area contributed by atoms with Gasteiger partial charge >= 0.3 is 0 Å². The Labute approximate surface area is 507 Å². The van der Waals surface area contributed by atoms with Gasteiger partial charge in [0.2, 0.25) is 23.6 Å². The van der Waals surface area contributed by atoms with Gasteiger partial charge in [0.1, 0.15) is 0 Å². The summed E-state index contributed by atoms with van der Waals surface area (Å²) in [6.45, 7) is 8.35. The molecule has 0 spiro atoms. The molecule has 4 atom stereocenters. The van der Waals surface area contributed by atoms with Crippen molar-refractivity contribution < 1.29 is 28.8 Å². The SMILES string of the molecule is CN(C(=O)c1ccc(Cl)c(Br)c1)C1CN(C(=O)C2CCN(C(=O)C3(C)CC3)CC2)CC1c1ccc(Cl)c(Cl)c1.CN(C(=O)c1ccc(Cl)c(C2CC2)c1)C1CN(C(=O)C2CCN(C(=O)C3(C)CC3)CC2)CC1c1ccc(Cl)c(Cl)c1. The lowest BCUT2D eigenvalue weighted by Crippen LogP contribution is -2.46. The minimum Gasteiger partial charge on any atom is -0.342 e. The Morgan fingerprint density at radius 3 is 1.24 bits per heavy atom. The molecule has 4 heterocycles. The number of hydrogen-bond donors (Lipinski definition) is 0. The molecule has 4 aromatic carbocycles. The summed E-state index contributed by atoms with van der Waals surface area (Å²) in [5, 5.41) is 3.05. The van der Waals surface area contributed by atoms with Gasteiger partial charge in [-0.05, 0) is 163 Å². The predicted molar refractivity (Wildman–Crippen MR) is 319 cm³/mol. The van der Waals surface area contributed by atoms with E-state index in [1.54, 1.807) is 53.2 Å². The first-order chi connectivity index (χ1) is 38.0. The van der Waals surface area contributed by atoms with Gasteiger partial charge in [0.15, 0.2) is 0 Å². The van der Waals surface area contributed by atoms with Crippen LogP contribution in [0, 0.1) is 22.7 Å². The molecule has 4 saturated heterocycles. The van der Waals surface area contributed by atoms with E-state index in [4.69, 9.17) is 69.6 Å². The highest BCUT2D eigenvalue weighted by Crippen LogP contribution is 2.49. The van der Waals surface area contributed by atoms with Crippen molar-refractivity contribution in [3.05, 3.63) is 135 Å². The van der Waals surface area contributed by atoms with Gasteiger partial charge in [0.25, 0.3) is 11.8 Å². The largest absolute Gasteiger partial charge is 0.342 e. The molecular formula is C61H67BrCl6N6O6. The van der Waals surface area contributed by atoms with Gasteiger partial charge in [-0.15, -0.1) is 0 Å². The molecule has 19 heteroatoms. The predicted octanol–water partition coefficient (Wildman–Crippen LogP) is 13.1. The van der Waals surface area contributed by atoms with E-state index < -0.39 is 0 Å². The summed E-state index contributed by atoms with van der Waals surface area (Å²) in [5.74, 6) is 0.315. The fourth-order valence-electron chi connectivity index (χ4n) is 12.3. The van der Waals surface area contributed by atoms with Gasteiger partial charge in [0, 0.05) is 122 Å². The molecule has 0 aromatic heterocycles. The Morgan fingerprint density at radius 1 is 0.475 bits per heavy atom. The molecule has 6 amide bonds. The maximum absolute atomic E-state index is 13.8. The van der Waals surface area contributed by atoms with Gasteiger partial charge in [-0.25, -0.2) is 0 Å². The Morgan fingerprint density at radius 2 is 0.863 bits per heavy atom. The van der Waals surface area contributed by atoms with E-state index in [1.165, 1.54) is 0 Å². The number of nitrogens with zero attached hydrogens (tertiary/aromatic N) is 6. The van der Waals surface area contributed by atoms with Gasteiger partial charge in [-0.2, -0.15) is 0 Å². The van der Waals surface area contributed by atoms with Crippen molar-refractivity contribution >= 4 is 121 Å². The number of halogens is 7. The molecule has 4 aromatic rings. The van der Waals surface area contributed by atoms with Gasteiger partial charge < -0.3 is 29.4 Å². The van der Waals surface area contributed by atoms with Crippen molar-refractivity contribution in [3.8, 4) is 0 Å². The van der Waals surface area contributed by atoms with Crippen molar-refractivity contribution in [2.45, 2.75) is 108 Å². The molecule has 80 heavy (non-hydrogen) atoms. The highest BCUT2D eigenvalue weighted by atomic mass is 79.9. The molecule has 0 bridgehead atoms. The lowest BCUT2D eigenvalue weighted by atomic mass is 9.92. The number of carbonyl (C=O) groups excluding carboxylic acids is 6. The van der Waals surface area contributed by atoms with Crippen LogP contribution in [0.5, 0.6) is 0 Å². The Kier molecular flexibility index (Phi) is 17.6. The summed E-state index contributed by atoms with van der Waals surface area (Å²) in [4.78, 5) is 91.6. The fraction of sp³-hybridized carbons (Fsp3) is 0.508. The maximum Gasteiger partial charge on any atom is 0.253 e. The quantitative estimate of drug-likeness (QED) is 0.147. The van der Waals surface area contributed by atoms with Crippen molar-refractivity contribution in [2.75, 3.05) is 66.5 Å². The topological polar surface area (TPSA) is 122 Å². The van der Waals surface area contributed by atoms with E-state index in [0.29, 0.717) is 130 Å². The van der Waals surface area contributed by atoms with Crippen molar-refractivity contribution in [2.24, 2.45) is 22.7 Å². The lowest BCUT2D eigenvalue weighted by Gasteiger charge is -2.34. The average Bonchev–Trinajstić information content (AvgIpc) is 4.49. The third kappa shape index (κ3) is 12.6. The molecule has 7 aliphatic rings. The summed E-state index contributed by atoms with van der Waals surface area (Å²) >= 11 is 41.2. The van der Waals surface area contributed by atoms with Crippen molar-refractivity contribution in [1.29, 1.82) is 0 Å². The molecule has 11 rings (SSSR count). The van der Waals surface area contributed by atoms with E-state index in [1.807, 2.05) is 76.9 Å². The zero-order chi connectivity index (χ0) is 57.1. The zero-order valence-electron chi connectivity index (χ0n) is 45.5. The Hall–Kier alpha value is -4.08. The molecule has 12 nitrogen and oxygen atoms in total. The first kappa shape index (κ1) is 59.1. The molecule has 4 aliphatic heterocycles. The zero-order valence-corrected chi connectivity index (χ0v) is 51.6. The highest BCUT2D eigenvalue weighted by molar-refractivity contribution is 9.10. The van der Waals surface area contributed by atoms with Gasteiger partial charge in [0.05, 0.1) is 37.2 Å². The van der Waals surface area contributed by atoms with E-state index in [0.717, 1.165) is 55.2 Å². The van der Waals surface area contributed by atoms with E-state index in [-0.39, 0.29) is 82.0 Å². The number of hydrogen-bond acceptors (Lipinski definition) is 6. The van der Waals surface area contributed by atoms with Crippen LogP contribution >= 0.6 is 85.5 Å². The average molecular weight is 1270 g/mol. The summed E-state index contributed by atoms with van der Waals surface area (Å²) in [6.07, 6.45) is 8.67. The van der Waals surface area contributed by atoms with Crippen molar-refractivity contribution in [1.82, 2.24) is 29.4 Å². The molecule has 4 unspecified atom stereocenters. The third-order valence-corrected chi connectivity index (χ3v) is 21.3. The molecule has 7 fully saturated rings. The number of likely N-dealkylation sites (N-methyl/N-ethyl adjacent to an activating group) is 2. The van der Waals surface area contributed by atoms with Crippen LogP contribution in [0.25, 0.3) is 0 Å². The maximum atomic E-state index is 13.8. The summed E-state index contributed by atoms with van der Waals surface area (Å²) in [6, 6.07) is 21.2. The monoisotopic (exact) mass is 1270 g/mol. The lowest BCUT2D eigenvalue weighted by molar-refractivity contribution is -0.142. The van der Waals surface area contributed by atoms with Crippen LogP contribution in [0.3, 0.4) is 0 Å². The molecule has 0 N–H and O–H groups in total. The second kappa shape index (κ2) is 23.9. The first-order valence-electron chi connectivity index (χ1n) is 27.9. The second-order valence-corrected chi connectivity index (χ2v) is 27.2. The van der Waals surface area contributed by atoms with Crippen LogP contribution < -0.4 is 0 Å². The summed E-state index contributed by atoms with van der Waals surface area (Å²) in [7, 11) is 3.59. The molecule has 3 saturated carbocycles. The van der Waals surface area contributed by atoms with Crippen LogP contribution in [0.1, 0.15) is 133 Å². The van der Waals surface area contributed by atoms with Crippen LogP contribution in [-0.4, -0.2) is 143 Å². The minimum absolute atomic E-state index is 0.0855. The van der Waals surface area contributed by atoms with Crippen LogP contribution in [0.4, 0.5) is 0 Å².